The second kappa shape index (κ2) is 6.72. The molecule has 1 aromatic carbocycles. The predicted molar refractivity (Wildman–Crippen MR) is 80.2 cm³/mol. The molecule has 1 N–H and O–H groups in total. The van der Waals surface area contributed by atoms with Crippen molar-refractivity contribution in [2.24, 2.45) is 0 Å². The quantitative estimate of drug-likeness (QED) is 0.813. The Morgan fingerprint density at radius 3 is 2.56 bits per heavy atom. The van der Waals surface area contributed by atoms with Crippen LogP contribution in [0.25, 0.3) is 0 Å². The summed E-state index contributed by atoms with van der Waals surface area (Å²) in [4.78, 5) is 1.43. The van der Waals surface area contributed by atoms with E-state index in [4.69, 9.17) is 0 Å². The van der Waals surface area contributed by atoms with Crippen LogP contribution in [0.1, 0.15) is 35.4 Å². The van der Waals surface area contributed by atoms with Gasteiger partial charge < -0.3 is 5.32 Å². The van der Waals surface area contributed by atoms with Gasteiger partial charge in [-0.2, -0.15) is 0 Å². The minimum absolute atomic E-state index is 0.443. The van der Waals surface area contributed by atoms with Gasteiger partial charge in [-0.05, 0) is 48.9 Å². The standard InChI is InChI=1S/C16H21NS/c1-3-10-17-16(15-9-11-18-13(15)2)12-14-7-5-4-6-8-14/h4-9,11,16-17H,3,10,12H2,1-2H3. The lowest BCUT2D eigenvalue weighted by Crippen LogP contribution is -2.24. The maximum absolute atomic E-state index is 3.67. The Balaban J connectivity index is 2.13. The van der Waals surface area contributed by atoms with E-state index in [0.717, 1.165) is 13.0 Å². The van der Waals surface area contributed by atoms with Crippen LogP contribution in [0.5, 0.6) is 0 Å². The first-order chi connectivity index (χ1) is 8.81. The monoisotopic (exact) mass is 259 g/mol. The molecule has 18 heavy (non-hydrogen) atoms. The summed E-state index contributed by atoms with van der Waals surface area (Å²) in [5.41, 5.74) is 2.86. The molecule has 0 amide bonds. The number of hydrogen-bond donors (Lipinski definition) is 1. The van der Waals surface area contributed by atoms with Crippen molar-refractivity contribution in [1.82, 2.24) is 5.32 Å². The molecule has 1 atom stereocenters. The predicted octanol–water partition coefficient (Wildman–Crippen LogP) is 4.34. The number of nitrogens with one attached hydrogen (secondary N) is 1. The molecule has 0 aliphatic heterocycles. The third kappa shape index (κ3) is 3.44. The van der Waals surface area contributed by atoms with Crippen molar-refractivity contribution < 1.29 is 0 Å². The van der Waals surface area contributed by atoms with Gasteiger partial charge in [-0.1, -0.05) is 37.3 Å². The molecule has 0 bridgehead atoms. The number of benzene rings is 1. The van der Waals surface area contributed by atoms with E-state index in [0.29, 0.717) is 6.04 Å². The first-order valence-corrected chi connectivity index (χ1v) is 7.50. The normalized spacial score (nSPS) is 12.6. The van der Waals surface area contributed by atoms with E-state index in [-0.39, 0.29) is 0 Å². The van der Waals surface area contributed by atoms with E-state index in [1.54, 1.807) is 0 Å². The number of hydrogen-bond acceptors (Lipinski definition) is 2. The highest BCUT2D eigenvalue weighted by Gasteiger charge is 2.14. The van der Waals surface area contributed by atoms with E-state index in [1.807, 2.05) is 11.3 Å². The van der Waals surface area contributed by atoms with Crippen LogP contribution >= 0.6 is 11.3 Å². The van der Waals surface area contributed by atoms with Gasteiger partial charge in [0.05, 0.1) is 0 Å². The fraction of sp³-hybridized carbons (Fsp3) is 0.375. The molecule has 0 aliphatic carbocycles. The molecule has 2 rings (SSSR count). The zero-order valence-corrected chi connectivity index (χ0v) is 12.0. The zero-order chi connectivity index (χ0) is 12.8. The van der Waals surface area contributed by atoms with Gasteiger partial charge in [0.15, 0.2) is 0 Å². The van der Waals surface area contributed by atoms with Crippen LogP contribution in [-0.4, -0.2) is 6.54 Å². The molecule has 0 saturated heterocycles. The summed E-state index contributed by atoms with van der Waals surface area (Å²) >= 11 is 1.84. The van der Waals surface area contributed by atoms with Gasteiger partial charge in [-0.15, -0.1) is 11.3 Å². The topological polar surface area (TPSA) is 12.0 Å². The Labute approximate surface area is 114 Å². The molecule has 0 saturated carbocycles. The highest BCUT2D eigenvalue weighted by atomic mass is 32.1. The number of thiophene rings is 1. The van der Waals surface area contributed by atoms with Gasteiger partial charge in [0.2, 0.25) is 0 Å². The fourth-order valence-electron chi connectivity index (χ4n) is 2.22. The van der Waals surface area contributed by atoms with Crippen LogP contribution in [0.4, 0.5) is 0 Å². The van der Waals surface area contributed by atoms with Crippen LogP contribution in [0.15, 0.2) is 41.8 Å². The average molecular weight is 259 g/mol. The SMILES string of the molecule is CCCNC(Cc1ccccc1)c1ccsc1C. The Hall–Kier alpha value is -1.12. The first-order valence-electron chi connectivity index (χ1n) is 6.62. The summed E-state index contributed by atoms with van der Waals surface area (Å²) < 4.78 is 0. The molecule has 1 nitrogen and oxygen atoms in total. The summed E-state index contributed by atoms with van der Waals surface area (Å²) in [6, 6.07) is 13.4. The van der Waals surface area contributed by atoms with E-state index >= 15 is 0 Å². The molecule has 0 aliphatic rings. The average Bonchev–Trinajstić information content (AvgIpc) is 2.82. The first kappa shape index (κ1) is 13.3. The second-order valence-corrected chi connectivity index (χ2v) is 5.75. The van der Waals surface area contributed by atoms with Gasteiger partial charge in [-0.25, -0.2) is 0 Å². The van der Waals surface area contributed by atoms with E-state index in [1.165, 1.54) is 22.4 Å². The van der Waals surface area contributed by atoms with Crippen molar-refractivity contribution in [1.29, 1.82) is 0 Å². The van der Waals surface area contributed by atoms with Crippen molar-refractivity contribution in [3.8, 4) is 0 Å². The molecule has 1 heterocycles. The van der Waals surface area contributed by atoms with Crippen molar-refractivity contribution in [2.75, 3.05) is 6.54 Å². The van der Waals surface area contributed by atoms with Crippen molar-refractivity contribution >= 4 is 11.3 Å². The maximum atomic E-state index is 3.67. The van der Waals surface area contributed by atoms with E-state index in [9.17, 15) is 0 Å². The molecule has 96 valence electrons. The van der Waals surface area contributed by atoms with Gasteiger partial charge in [-0.3, -0.25) is 0 Å². The smallest absolute Gasteiger partial charge is 0.0371 e. The second-order valence-electron chi connectivity index (χ2n) is 4.63. The van der Waals surface area contributed by atoms with Gasteiger partial charge in [0.1, 0.15) is 0 Å². The molecular formula is C16H21NS. The van der Waals surface area contributed by atoms with E-state index in [2.05, 4.69) is 60.9 Å². The minimum Gasteiger partial charge on any atom is -0.310 e. The Morgan fingerprint density at radius 1 is 1.17 bits per heavy atom. The third-order valence-electron chi connectivity index (χ3n) is 3.20. The molecule has 2 heteroatoms. The van der Waals surface area contributed by atoms with E-state index < -0.39 is 0 Å². The third-order valence-corrected chi connectivity index (χ3v) is 4.06. The lowest BCUT2D eigenvalue weighted by atomic mass is 9.99. The summed E-state index contributed by atoms with van der Waals surface area (Å²) in [5, 5.41) is 5.86. The summed E-state index contributed by atoms with van der Waals surface area (Å²) in [7, 11) is 0. The molecule has 1 aromatic heterocycles. The fourth-order valence-corrected chi connectivity index (χ4v) is 2.98. The van der Waals surface area contributed by atoms with Crippen LogP contribution in [-0.2, 0) is 6.42 Å². The summed E-state index contributed by atoms with van der Waals surface area (Å²) in [5.74, 6) is 0. The maximum Gasteiger partial charge on any atom is 0.0371 e. The molecule has 2 aromatic rings. The van der Waals surface area contributed by atoms with Crippen LogP contribution in [0, 0.1) is 6.92 Å². The number of aryl methyl sites for hydroxylation is 1. The van der Waals surface area contributed by atoms with Gasteiger partial charge in [0.25, 0.3) is 0 Å². The van der Waals surface area contributed by atoms with Crippen LogP contribution < -0.4 is 5.32 Å². The highest BCUT2D eigenvalue weighted by Crippen LogP contribution is 2.25. The molecule has 1 unspecified atom stereocenters. The minimum atomic E-state index is 0.443. The van der Waals surface area contributed by atoms with Crippen LogP contribution in [0.2, 0.25) is 0 Å². The molecule has 0 radical (unpaired) electrons. The summed E-state index contributed by atoms with van der Waals surface area (Å²) in [6.07, 6.45) is 2.24. The largest absolute Gasteiger partial charge is 0.310 e. The molecule has 0 spiro atoms. The van der Waals surface area contributed by atoms with Crippen molar-refractivity contribution in [2.45, 2.75) is 32.7 Å². The lowest BCUT2D eigenvalue weighted by molar-refractivity contribution is 0.529. The highest BCUT2D eigenvalue weighted by molar-refractivity contribution is 7.10. The van der Waals surface area contributed by atoms with Crippen LogP contribution in [0.3, 0.4) is 0 Å². The van der Waals surface area contributed by atoms with Crippen molar-refractivity contribution in [3.05, 3.63) is 57.8 Å². The lowest BCUT2D eigenvalue weighted by Gasteiger charge is -2.19. The Morgan fingerprint density at radius 2 is 1.94 bits per heavy atom. The number of rotatable bonds is 6. The Kier molecular flexibility index (Phi) is 4.97. The molecular weight excluding hydrogens is 238 g/mol. The Bertz CT molecular complexity index is 461. The zero-order valence-electron chi connectivity index (χ0n) is 11.1. The molecule has 0 fully saturated rings. The van der Waals surface area contributed by atoms with Gasteiger partial charge >= 0.3 is 0 Å². The van der Waals surface area contributed by atoms with Crippen molar-refractivity contribution in [3.63, 3.8) is 0 Å². The summed E-state index contributed by atoms with van der Waals surface area (Å²) in [6.45, 7) is 5.51. The van der Waals surface area contributed by atoms with Gasteiger partial charge in [0, 0.05) is 10.9 Å².